The van der Waals surface area contributed by atoms with E-state index in [4.69, 9.17) is 4.74 Å². The van der Waals surface area contributed by atoms with Gasteiger partial charge >= 0.3 is 6.09 Å². The number of thioether (sulfide) groups is 1. The summed E-state index contributed by atoms with van der Waals surface area (Å²) in [6, 6.07) is -0.110. The van der Waals surface area contributed by atoms with Crippen LogP contribution in [0.2, 0.25) is 0 Å². The Hall–Kier alpha value is -0.710. The minimum atomic E-state index is -0.497. The lowest BCUT2D eigenvalue weighted by atomic mass is 10.2. The second-order valence-electron chi connectivity index (χ2n) is 5.25. The van der Waals surface area contributed by atoms with Gasteiger partial charge in [-0.3, -0.25) is 4.79 Å². The van der Waals surface area contributed by atoms with Gasteiger partial charge in [-0.05, 0) is 34.1 Å². The van der Waals surface area contributed by atoms with Crippen LogP contribution in [0.15, 0.2) is 0 Å². The third kappa shape index (κ3) is 4.58. The number of ether oxygens (including phenoxy) is 1. The number of hydrogen-bond acceptors (Lipinski definition) is 4. The number of hydrogen-bond donors (Lipinski definition) is 0. The maximum Gasteiger partial charge on any atom is 0.410 e. The average Bonchev–Trinajstić information content (AvgIpc) is 2.42. The van der Waals surface area contributed by atoms with Crippen LogP contribution in [0.25, 0.3) is 0 Å². The van der Waals surface area contributed by atoms with E-state index in [9.17, 15) is 9.59 Å². The molecule has 0 aliphatic carbocycles. The zero-order chi connectivity index (χ0) is 13.2. The molecule has 1 fully saturated rings. The standard InChI is InChI=1S/C12H20NO3S/c1-8-6-10(17-9(2)14)7-13(8)11(15)16-12(3,4)5/h8,10H,1,6-7H2,2-5H3/t8-,10-/m0/s1. The molecule has 97 valence electrons. The van der Waals surface area contributed by atoms with Gasteiger partial charge in [-0.25, -0.2) is 4.79 Å². The molecule has 1 rings (SSSR count). The van der Waals surface area contributed by atoms with Gasteiger partial charge < -0.3 is 9.64 Å². The van der Waals surface area contributed by atoms with Gasteiger partial charge in [0.1, 0.15) is 5.60 Å². The van der Waals surface area contributed by atoms with Crippen molar-refractivity contribution in [1.29, 1.82) is 0 Å². The van der Waals surface area contributed by atoms with E-state index in [1.54, 1.807) is 11.8 Å². The van der Waals surface area contributed by atoms with E-state index in [1.165, 1.54) is 11.8 Å². The van der Waals surface area contributed by atoms with E-state index >= 15 is 0 Å². The van der Waals surface area contributed by atoms with Crippen LogP contribution in [-0.2, 0) is 9.53 Å². The summed E-state index contributed by atoms with van der Waals surface area (Å²) in [6.45, 7) is 11.5. The van der Waals surface area contributed by atoms with Crippen LogP contribution in [-0.4, -0.2) is 39.5 Å². The summed E-state index contributed by atoms with van der Waals surface area (Å²) >= 11 is 1.28. The quantitative estimate of drug-likeness (QED) is 0.725. The molecule has 1 saturated heterocycles. The van der Waals surface area contributed by atoms with Crippen molar-refractivity contribution in [1.82, 2.24) is 4.90 Å². The summed E-state index contributed by atoms with van der Waals surface area (Å²) in [4.78, 5) is 24.5. The van der Waals surface area contributed by atoms with Gasteiger partial charge in [-0.1, -0.05) is 11.8 Å². The number of carbonyl (C=O) groups is 2. The predicted octanol–water partition coefficient (Wildman–Crippen LogP) is 2.48. The zero-order valence-electron chi connectivity index (χ0n) is 10.9. The highest BCUT2D eigenvalue weighted by Gasteiger charge is 2.35. The van der Waals surface area contributed by atoms with E-state index in [1.807, 2.05) is 20.8 Å². The summed E-state index contributed by atoms with van der Waals surface area (Å²) in [6.07, 6.45) is 0.396. The molecular weight excluding hydrogens is 238 g/mol. The Morgan fingerprint density at radius 1 is 1.41 bits per heavy atom. The monoisotopic (exact) mass is 258 g/mol. The summed E-state index contributed by atoms with van der Waals surface area (Å²) in [5.41, 5.74) is -0.497. The van der Waals surface area contributed by atoms with Gasteiger partial charge in [0.25, 0.3) is 0 Å². The van der Waals surface area contributed by atoms with Crippen molar-refractivity contribution >= 4 is 23.0 Å². The van der Waals surface area contributed by atoms with Gasteiger partial charge in [0, 0.05) is 24.8 Å². The Kier molecular flexibility index (Phi) is 4.47. The van der Waals surface area contributed by atoms with Crippen molar-refractivity contribution in [3.05, 3.63) is 6.92 Å². The van der Waals surface area contributed by atoms with Crippen molar-refractivity contribution in [2.45, 2.75) is 51.0 Å². The van der Waals surface area contributed by atoms with Crippen LogP contribution in [0.4, 0.5) is 4.79 Å². The van der Waals surface area contributed by atoms with Crippen LogP contribution in [0, 0.1) is 6.92 Å². The molecule has 1 radical (unpaired) electrons. The lowest BCUT2D eigenvalue weighted by Gasteiger charge is -2.26. The predicted molar refractivity (Wildman–Crippen MR) is 68.8 cm³/mol. The normalized spacial score (nSPS) is 24.9. The van der Waals surface area contributed by atoms with Gasteiger partial charge in [-0.2, -0.15) is 0 Å². The van der Waals surface area contributed by atoms with Gasteiger partial charge in [0.05, 0.1) is 0 Å². The fourth-order valence-electron chi connectivity index (χ4n) is 1.74. The van der Waals surface area contributed by atoms with E-state index in [0.29, 0.717) is 6.54 Å². The molecule has 2 atom stereocenters. The SMILES string of the molecule is [CH2][C@H]1C[C@H](SC(C)=O)CN1C(=O)OC(C)(C)C. The molecule has 0 bridgehead atoms. The van der Waals surface area contributed by atoms with Crippen molar-refractivity contribution in [2.24, 2.45) is 0 Å². The topological polar surface area (TPSA) is 46.6 Å². The fourth-order valence-corrected chi connectivity index (χ4v) is 2.76. The number of amides is 1. The van der Waals surface area contributed by atoms with Crippen LogP contribution < -0.4 is 0 Å². The largest absolute Gasteiger partial charge is 0.444 e. The minimum absolute atomic E-state index is 0.0771. The van der Waals surface area contributed by atoms with Crippen molar-refractivity contribution in [2.75, 3.05) is 6.54 Å². The van der Waals surface area contributed by atoms with E-state index in [0.717, 1.165) is 6.42 Å². The lowest BCUT2D eigenvalue weighted by Crippen LogP contribution is -2.39. The Labute approximate surface area is 107 Å². The molecule has 0 unspecified atom stereocenters. The number of carbonyl (C=O) groups excluding carboxylic acids is 2. The minimum Gasteiger partial charge on any atom is -0.444 e. The molecule has 0 saturated carbocycles. The fraction of sp³-hybridized carbons (Fsp3) is 0.750. The molecule has 5 heteroatoms. The lowest BCUT2D eigenvalue weighted by molar-refractivity contribution is -0.109. The van der Waals surface area contributed by atoms with Crippen LogP contribution in [0.3, 0.4) is 0 Å². The summed E-state index contributed by atoms with van der Waals surface area (Å²) < 4.78 is 5.30. The van der Waals surface area contributed by atoms with Crippen LogP contribution in [0.5, 0.6) is 0 Å². The number of nitrogens with zero attached hydrogens (tertiary/aromatic N) is 1. The molecule has 1 heterocycles. The highest BCUT2D eigenvalue weighted by atomic mass is 32.2. The molecule has 17 heavy (non-hydrogen) atoms. The number of likely N-dealkylation sites (tertiary alicyclic amines) is 1. The molecule has 0 aromatic rings. The third-order valence-electron chi connectivity index (χ3n) is 2.34. The third-order valence-corrected chi connectivity index (χ3v) is 3.34. The molecule has 4 nitrogen and oxygen atoms in total. The molecule has 1 aliphatic heterocycles. The molecule has 0 N–H and O–H groups in total. The van der Waals surface area contributed by atoms with Crippen molar-refractivity contribution in [3.8, 4) is 0 Å². The molecule has 0 aromatic carbocycles. The Balaban J connectivity index is 2.55. The van der Waals surface area contributed by atoms with Crippen molar-refractivity contribution < 1.29 is 14.3 Å². The first-order valence-corrected chi connectivity index (χ1v) is 6.57. The van der Waals surface area contributed by atoms with Crippen LogP contribution >= 0.6 is 11.8 Å². The molecule has 0 aromatic heterocycles. The maximum atomic E-state index is 11.9. The Bertz CT molecular complexity index is 311. The molecule has 0 spiro atoms. The zero-order valence-corrected chi connectivity index (χ0v) is 11.7. The maximum absolute atomic E-state index is 11.9. The van der Waals surface area contributed by atoms with Crippen molar-refractivity contribution in [3.63, 3.8) is 0 Å². The molecule has 1 aliphatic rings. The van der Waals surface area contributed by atoms with Gasteiger partial charge in [0.15, 0.2) is 5.12 Å². The highest BCUT2D eigenvalue weighted by molar-refractivity contribution is 8.14. The Morgan fingerprint density at radius 3 is 2.47 bits per heavy atom. The summed E-state index contributed by atoms with van der Waals surface area (Å²) in [7, 11) is 0. The van der Waals surface area contributed by atoms with E-state index < -0.39 is 5.60 Å². The van der Waals surface area contributed by atoms with Gasteiger partial charge in [-0.15, -0.1) is 0 Å². The smallest absolute Gasteiger partial charge is 0.410 e. The van der Waals surface area contributed by atoms with Crippen LogP contribution in [0.1, 0.15) is 34.1 Å². The average molecular weight is 258 g/mol. The highest BCUT2D eigenvalue weighted by Crippen LogP contribution is 2.28. The second-order valence-corrected chi connectivity index (χ2v) is 6.73. The first-order valence-electron chi connectivity index (χ1n) is 5.69. The molecular formula is C12H20NO3S. The van der Waals surface area contributed by atoms with E-state index in [2.05, 4.69) is 6.92 Å². The van der Waals surface area contributed by atoms with Gasteiger partial charge in [0.2, 0.25) is 0 Å². The number of rotatable bonds is 1. The second kappa shape index (κ2) is 5.29. The molecule has 1 amide bonds. The summed E-state index contributed by atoms with van der Waals surface area (Å²) in [5, 5.41) is 0.218. The Morgan fingerprint density at radius 2 is 2.00 bits per heavy atom. The first-order chi connectivity index (χ1) is 7.69. The van der Waals surface area contributed by atoms with E-state index in [-0.39, 0.29) is 22.5 Å². The summed E-state index contributed by atoms with van der Waals surface area (Å²) in [5.74, 6) is 0. The first kappa shape index (κ1) is 14.4.